The first kappa shape index (κ1) is 16.4. The van der Waals surface area contributed by atoms with Crippen LogP contribution in [0, 0.1) is 0 Å². The molecule has 0 aromatic carbocycles. The third-order valence-corrected chi connectivity index (χ3v) is 4.52. The second-order valence-corrected chi connectivity index (χ2v) is 6.23. The average Bonchev–Trinajstić information content (AvgIpc) is 2.74. The van der Waals surface area contributed by atoms with Crippen molar-refractivity contribution in [3.05, 3.63) is 0 Å². The Morgan fingerprint density at radius 1 is 1.42 bits per heavy atom. The summed E-state index contributed by atoms with van der Waals surface area (Å²) in [4.78, 5) is 14.4. The highest BCUT2D eigenvalue weighted by Gasteiger charge is 2.46. The first-order valence-corrected chi connectivity index (χ1v) is 7.69. The summed E-state index contributed by atoms with van der Waals surface area (Å²) in [6, 6.07) is 1.32. The van der Waals surface area contributed by atoms with Gasteiger partial charge in [-0.15, -0.1) is 0 Å². The number of hydrogen-bond acceptors (Lipinski definition) is 3. The van der Waals surface area contributed by atoms with Gasteiger partial charge < -0.3 is 11.1 Å². The average molecular weight is 269 g/mol. The maximum absolute atomic E-state index is 11.9. The van der Waals surface area contributed by atoms with Crippen LogP contribution in [0.2, 0.25) is 0 Å². The summed E-state index contributed by atoms with van der Waals surface area (Å²) in [7, 11) is 0. The molecule has 0 heterocycles. The zero-order valence-corrected chi connectivity index (χ0v) is 13.2. The van der Waals surface area contributed by atoms with E-state index < -0.39 is 5.54 Å². The highest BCUT2D eigenvalue weighted by Crippen LogP contribution is 2.34. The summed E-state index contributed by atoms with van der Waals surface area (Å²) in [6.07, 6.45) is 3.91. The van der Waals surface area contributed by atoms with E-state index in [-0.39, 0.29) is 11.9 Å². The van der Waals surface area contributed by atoms with Crippen molar-refractivity contribution in [2.45, 2.75) is 84.0 Å². The van der Waals surface area contributed by atoms with E-state index in [9.17, 15) is 4.79 Å². The predicted molar refractivity (Wildman–Crippen MR) is 80.0 cm³/mol. The van der Waals surface area contributed by atoms with E-state index in [1.165, 1.54) is 0 Å². The van der Waals surface area contributed by atoms with Crippen molar-refractivity contribution in [2.75, 3.05) is 6.54 Å². The number of hydrogen-bond donors (Lipinski definition) is 2. The molecule has 112 valence electrons. The standard InChI is InChI=1S/C15H31N3O/c1-6-12(5)18(7-2)13-8-9-15(10-13,14(16)19)17-11(3)4/h11-13,17H,6-10H2,1-5H3,(H2,16,19). The number of rotatable bonds is 7. The molecule has 1 saturated carbocycles. The lowest BCUT2D eigenvalue weighted by atomic mass is 9.95. The predicted octanol–water partition coefficient (Wildman–Crippen LogP) is 1.88. The Hall–Kier alpha value is -0.610. The number of amides is 1. The Kier molecular flexibility index (Phi) is 5.81. The van der Waals surface area contributed by atoms with Gasteiger partial charge in [-0.2, -0.15) is 0 Å². The summed E-state index contributed by atoms with van der Waals surface area (Å²) >= 11 is 0. The fourth-order valence-electron chi connectivity index (χ4n) is 3.45. The molecule has 1 rings (SSSR count). The Bertz CT molecular complexity index is 306. The van der Waals surface area contributed by atoms with Gasteiger partial charge in [-0.3, -0.25) is 9.69 Å². The molecule has 0 aliphatic heterocycles. The van der Waals surface area contributed by atoms with Gasteiger partial charge in [0, 0.05) is 18.1 Å². The quantitative estimate of drug-likeness (QED) is 0.742. The molecule has 19 heavy (non-hydrogen) atoms. The Labute approximate surface area is 118 Å². The summed E-state index contributed by atoms with van der Waals surface area (Å²) in [5.74, 6) is -0.191. The molecule has 3 atom stereocenters. The molecule has 1 amide bonds. The van der Waals surface area contributed by atoms with Gasteiger partial charge in [-0.05, 0) is 53.0 Å². The van der Waals surface area contributed by atoms with Crippen LogP contribution in [0.4, 0.5) is 0 Å². The number of primary amides is 1. The van der Waals surface area contributed by atoms with E-state index in [0.717, 1.165) is 32.2 Å². The van der Waals surface area contributed by atoms with E-state index in [0.29, 0.717) is 12.1 Å². The summed E-state index contributed by atoms with van der Waals surface area (Å²) in [5, 5.41) is 3.42. The first-order valence-electron chi connectivity index (χ1n) is 7.69. The molecule has 3 unspecified atom stereocenters. The monoisotopic (exact) mass is 269 g/mol. The molecule has 1 aliphatic carbocycles. The van der Waals surface area contributed by atoms with E-state index in [1.54, 1.807) is 0 Å². The maximum atomic E-state index is 11.9. The summed E-state index contributed by atoms with van der Waals surface area (Å²) in [5.41, 5.74) is 5.17. The lowest BCUT2D eigenvalue weighted by molar-refractivity contribution is -0.124. The minimum absolute atomic E-state index is 0.191. The van der Waals surface area contributed by atoms with Crippen molar-refractivity contribution >= 4 is 5.91 Å². The topological polar surface area (TPSA) is 58.4 Å². The minimum atomic E-state index is -0.500. The molecule has 4 heteroatoms. The van der Waals surface area contributed by atoms with Crippen molar-refractivity contribution in [3.8, 4) is 0 Å². The second-order valence-electron chi connectivity index (χ2n) is 6.23. The van der Waals surface area contributed by atoms with Crippen molar-refractivity contribution in [1.29, 1.82) is 0 Å². The summed E-state index contributed by atoms with van der Waals surface area (Å²) in [6.45, 7) is 11.9. The Morgan fingerprint density at radius 2 is 2.05 bits per heavy atom. The third kappa shape index (κ3) is 3.69. The van der Waals surface area contributed by atoms with Crippen LogP contribution in [0.5, 0.6) is 0 Å². The first-order chi connectivity index (χ1) is 8.86. The molecule has 0 aromatic rings. The van der Waals surface area contributed by atoms with Crippen molar-refractivity contribution in [2.24, 2.45) is 5.73 Å². The van der Waals surface area contributed by atoms with Crippen molar-refractivity contribution in [1.82, 2.24) is 10.2 Å². The Balaban J connectivity index is 2.80. The van der Waals surface area contributed by atoms with E-state index >= 15 is 0 Å². The van der Waals surface area contributed by atoms with Crippen LogP contribution in [0.15, 0.2) is 0 Å². The summed E-state index contributed by atoms with van der Waals surface area (Å²) < 4.78 is 0. The molecule has 4 nitrogen and oxygen atoms in total. The lowest BCUT2D eigenvalue weighted by Gasteiger charge is -2.35. The van der Waals surface area contributed by atoms with E-state index in [4.69, 9.17) is 5.73 Å². The van der Waals surface area contributed by atoms with Gasteiger partial charge in [0.2, 0.25) is 5.91 Å². The van der Waals surface area contributed by atoms with Gasteiger partial charge in [0.05, 0.1) is 5.54 Å². The van der Waals surface area contributed by atoms with Crippen LogP contribution >= 0.6 is 0 Å². The minimum Gasteiger partial charge on any atom is -0.368 e. The number of nitrogens with two attached hydrogens (primary N) is 1. The highest BCUT2D eigenvalue weighted by molar-refractivity contribution is 5.85. The number of nitrogens with one attached hydrogen (secondary N) is 1. The van der Waals surface area contributed by atoms with Crippen LogP contribution in [0.3, 0.4) is 0 Å². The fourth-order valence-corrected chi connectivity index (χ4v) is 3.45. The van der Waals surface area contributed by atoms with Gasteiger partial charge in [-0.25, -0.2) is 0 Å². The van der Waals surface area contributed by atoms with Gasteiger partial charge in [0.15, 0.2) is 0 Å². The van der Waals surface area contributed by atoms with Gasteiger partial charge in [0.25, 0.3) is 0 Å². The largest absolute Gasteiger partial charge is 0.368 e. The zero-order chi connectivity index (χ0) is 14.6. The Morgan fingerprint density at radius 3 is 2.47 bits per heavy atom. The normalized spacial score (nSPS) is 29.1. The molecule has 3 N–H and O–H groups in total. The van der Waals surface area contributed by atoms with E-state index in [2.05, 4.69) is 44.8 Å². The second kappa shape index (κ2) is 6.71. The van der Waals surface area contributed by atoms with E-state index in [1.807, 2.05) is 0 Å². The number of nitrogens with zero attached hydrogens (tertiary/aromatic N) is 1. The van der Waals surface area contributed by atoms with Gasteiger partial charge in [-0.1, -0.05) is 13.8 Å². The molecule has 0 saturated heterocycles. The molecule has 0 spiro atoms. The molecule has 0 bridgehead atoms. The molecule has 1 aliphatic rings. The van der Waals surface area contributed by atoms with Crippen molar-refractivity contribution in [3.63, 3.8) is 0 Å². The lowest BCUT2D eigenvalue weighted by Crippen LogP contribution is -2.57. The SMILES string of the molecule is CCC(C)N(CC)C1CCC(NC(C)C)(C(N)=O)C1. The molecule has 0 aromatic heterocycles. The van der Waals surface area contributed by atoms with Crippen LogP contribution in [-0.2, 0) is 4.79 Å². The van der Waals surface area contributed by atoms with Crippen LogP contribution in [0.25, 0.3) is 0 Å². The van der Waals surface area contributed by atoms with Crippen LogP contribution < -0.4 is 11.1 Å². The molecular formula is C15H31N3O. The molecule has 0 radical (unpaired) electrons. The number of carbonyl (C=O) groups is 1. The smallest absolute Gasteiger partial charge is 0.237 e. The molecular weight excluding hydrogens is 238 g/mol. The van der Waals surface area contributed by atoms with Crippen LogP contribution in [0.1, 0.15) is 60.3 Å². The van der Waals surface area contributed by atoms with Gasteiger partial charge >= 0.3 is 0 Å². The van der Waals surface area contributed by atoms with Crippen molar-refractivity contribution < 1.29 is 4.79 Å². The van der Waals surface area contributed by atoms with Crippen LogP contribution in [-0.4, -0.2) is 41.0 Å². The molecule has 1 fully saturated rings. The third-order valence-electron chi connectivity index (χ3n) is 4.52. The number of carbonyl (C=O) groups excluding carboxylic acids is 1. The maximum Gasteiger partial charge on any atom is 0.237 e. The fraction of sp³-hybridized carbons (Fsp3) is 0.933. The highest BCUT2D eigenvalue weighted by atomic mass is 16.1. The van der Waals surface area contributed by atoms with Gasteiger partial charge in [0.1, 0.15) is 0 Å². The zero-order valence-electron chi connectivity index (χ0n) is 13.2.